The summed E-state index contributed by atoms with van der Waals surface area (Å²) in [5, 5.41) is 6.79. The molecule has 2 aromatic carbocycles. The Labute approximate surface area is 170 Å². The Kier molecular flexibility index (Phi) is 5.60. The monoisotopic (exact) mass is 390 g/mol. The van der Waals surface area contributed by atoms with Crippen LogP contribution in [0.4, 0.5) is 5.69 Å². The quantitative estimate of drug-likeness (QED) is 0.707. The van der Waals surface area contributed by atoms with Gasteiger partial charge in [-0.05, 0) is 55.5 Å². The van der Waals surface area contributed by atoms with Crippen LogP contribution in [0, 0.1) is 12.8 Å². The zero-order chi connectivity index (χ0) is 20.2. The molecule has 4 rings (SSSR count). The lowest BCUT2D eigenvalue weighted by Gasteiger charge is -2.32. The van der Waals surface area contributed by atoms with Gasteiger partial charge in [-0.2, -0.15) is 4.98 Å². The Morgan fingerprint density at radius 1 is 1.17 bits per heavy atom. The summed E-state index contributed by atoms with van der Waals surface area (Å²) in [6.07, 6.45) is 2.46. The van der Waals surface area contributed by atoms with Gasteiger partial charge in [0.25, 0.3) is 0 Å². The van der Waals surface area contributed by atoms with Crippen molar-refractivity contribution in [2.45, 2.75) is 33.2 Å². The first kappa shape index (κ1) is 19.2. The van der Waals surface area contributed by atoms with Gasteiger partial charge in [0.15, 0.2) is 0 Å². The number of aromatic nitrogens is 2. The first-order valence-corrected chi connectivity index (χ1v) is 10.1. The molecule has 2 heterocycles. The van der Waals surface area contributed by atoms with E-state index in [1.165, 1.54) is 18.5 Å². The maximum Gasteiger partial charge on any atom is 0.316 e. The van der Waals surface area contributed by atoms with Crippen molar-refractivity contribution in [3.05, 3.63) is 65.5 Å². The molecule has 29 heavy (non-hydrogen) atoms. The maximum absolute atomic E-state index is 12.3. The molecular formula is C23H26N4O2. The molecule has 0 aliphatic carbocycles. The number of hydrogen-bond acceptors (Lipinski definition) is 5. The molecule has 6 heteroatoms. The van der Waals surface area contributed by atoms with Gasteiger partial charge in [0.05, 0.1) is 0 Å². The predicted octanol–water partition coefficient (Wildman–Crippen LogP) is 4.21. The van der Waals surface area contributed by atoms with Crippen LogP contribution in [-0.2, 0) is 6.54 Å². The lowest BCUT2D eigenvalue weighted by Crippen LogP contribution is -2.32. The van der Waals surface area contributed by atoms with Crippen molar-refractivity contribution in [2.24, 2.45) is 5.92 Å². The lowest BCUT2D eigenvalue weighted by atomic mass is 9.98. The summed E-state index contributed by atoms with van der Waals surface area (Å²) in [6.45, 7) is 6.93. The highest BCUT2D eigenvalue weighted by atomic mass is 16.5. The Hall–Kier alpha value is -3.15. The van der Waals surface area contributed by atoms with Gasteiger partial charge in [-0.3, -0.25) is 4.79 Å². The van der Waals surface area contributed by atoms with Gasteiger partial charge >= 0.3 is 11.8 Å². The summed E-state index contributed by atoms with van der Waals surface area (Å²) in [5.74, 6) is 0.830. The van der Waals surface area contributed by atoms with Gasteiger partial charge in [-0.25, -0.2) is 0 Å². The maximum atomic E-state index is 12.3. The molecule has 0 saturated carbocycles. The van der Waals surface area contributed by atoms with Crippen LogP contribution in [0.2, 0.25) is 0 Å². The van der Waals surface area contributed by atoms with Crippen LogP contribution in [0.15, 0.2) is 53.1 Å². The van der Waals surface area contributed by atoms with Gasteiger partial charge in [0.2, 0.25) is 5.82 Å². The smallest absolute Gasteiger partial charge is 0.316 e. The van der Waals surface area contributed by atoms with E-state index in [0.717, 1.165) is 35.7 Å². The third-order valence-corrected chi connectivity index (χ3v) is 5.43. The zero-order valence-electron chi connectivity index (χ0n) is 16.9. The largest absolute Gasteiger partial charge is 0.372 e. The van der Waals surface area contributed by atoms with E-state index in [1.807, 2.05) is 43.3 Å². The van der Waals surface area contributed by atoms with E-state index in [2.05, 4.69) is 39.4 Å². The second-order valence-electron chi connectivity index (χ2n) is 7.81. The highest BCUT2D eigenvalue weighted by Crippen LogP contribution is 2.25. The van der Waals surface area contributed by atoms with Crippen LogP contribution in [0.1, 0.15) is 41.6 Å². The van der Waals surface area contributed by atoms with Crippen molar-refractivity contribution in [2.75, 3.05) is 18.0 Å². The van der Waals surface area contributed by atoms with Crippen molar-refractivity contribution < 1.29 is 9.32 Å². The average Bonchev–Trinajstić information content (AvgIpc) is 3.23. The standard InChI is InChI=1S/C23H26N4O2/c1-16-10-12-27(13-11-16)20-8-6-19(7-9-20)21-25-23(29-26-21)22(28)24-15-18-5-3-4-17(2)14-18/h3-9,14,16H,10-13,15H2,1-2H3,(H,24,28). The Morgan fingerprint density at radius 3 is 2.66 bits per heavy atom. The molecular weight excluding hydrogens is 364 g/mol. The van der Waals surface area contributed by atoms with E-state index in [1.54, 1.807) is 0 Å². The molecule has 0 radical (unpaired) electrons. The number of nitrogens with one attached hydrogen (secondary N) is 1. The normalized spacial score (nSPS) is 14.8. The minimum Gasteiger partial charge on any atom is -0.372 e. The zero-order valence-corrected chi connectivity index (χ0v) is 16.9. The molecule has 0 unspecified atom stereocenters. The molecule has 0 spiro atoms. The van der Waals surface area contributed by atoms with Crippen molar-refractivity contribution in [1.82, 2.24) is 15.5 Å². The SMILES string of the molecule is Cc1cccc(CNC(=O)c2nc(-c3ccc(N4CCC(C)CC4)cc3)no2)c1. The van der Waals surface area contributed by atoms with E-state index in [9.17, 15) is 4.79 Å². The molecule has 150 valence electrons. The van der Waals surface area contributed by atoms with E-state index in [0.29, 0.717) is 12.4 Å². The number of carbonyl (C=O) groups is 1. The number of piperidine rings is 1. The van der Waals surface area contributed by atoms with Crippen molar-refractivity contribution in [1.29, 1.82) is 0 Å². The fraction of sp³-hybridized carbons (Fsp3) is 0.348. The van der Waals surface area contributed by atoms with Crippen molar-refractivity contribution in [3.8, 4) is 11.4 Å². The molecule has 1 amide bonds. The second-order valence-corrected chi connectivity index (χ2v) is 7.81. The van der Waals surface area contributed by atoms with Crippen LogP contribution in [-0.4, -0.2) is 29.1 Å². The van der Waals surface area contributed by atoms with E-state index in [-0.39, 0.29) is 11.8 Å². The number of carbonyl (C=O) groups excluding carboxylic acids is 1. The molecule has 1 saturated heterocycles. The van der Waals surface area contributed by atoms with Crippen LogP contribution in [0.5, 0.6) is 0 Å². The number of benzene rings is 2. The molecule has 1 aromatic heterocycles. The second kappa shape index (κ2) is 8.47. The summed E-state index contributed by atoms with van der Waals surface area (Å²) in [7, 11) is 0. The van der Waals surface area contributed by atoms with Gasteiger partial charge in [-0.1, -0.05) is 41.9 Å². The summed E-state index contributed by atoms with van der Waals surface area (Å²) >= 11 is 0. The molecule has 1 aliphatic rings. The van der Waals surface area contributed by atoms with Crippen LogP contribution in [0.25, 0.3) is 11.4 Å². The number of aryl methyl sites for hydroxylation is 1. The minimum atomic E-state index is -0.371. The molecule has 1 fully saturated rings. The Balaban J connectivity index is 1.38. The van der Waals surface area contributed by atoms with E-state index >= 15 is 0 Å². The summed E-state index contributed by atoms with van der Waals surface area (Å²) in [6, 6.07) is 16.1. The van der Waals surface area contributed by atoms with Crippen LogP contribution >= 0.6 is 0 Å². The first-order valence-electron chi connectivity index (χ1n) is 10.1. The lowest BCUT2D eigenvalue weighted by molar-refractivity contribution is 0.0907. The average molecular weight is 390 g/mol. The van der Waals surface area contributed by atoms with Gasteiger partial charge in [0, 0.05) is 30.9 Å². The molecule has 1 aliphatic heterocycles. The third kappa shape index (κ3) is 4.65. The molecule has 1 N–H and O–H groups in total. The first-order chi connectivity index (χ1) is 14.1. The molecule has 6 nitrogen and oxygen atoms in total. The van der Waals surface area contributed by atoms with Crippen LogP contribution < -0.4 is 10.2 Å². The minimum absolute atomic E-state index is 0.0262. The third-order valence-electron chi connectivity index (χ3n) is 5.43. The molecule has 3 aromatic rings. The van der Waals surface area contributed by atoms with Crippen molar-refractivity contribution in [3.63, 3.8) is 0 Å². The summed E-state index contributed by atoms with van der Waals surface area (Å²) < 4.78 is 5.17. The van der Waals surface area contributed by atoms with E-state index in [4.69, 9.17) is 4.52 Å². The van der Waals surface area contributed by atoms with Crippen molar-refractivity contribution >= 4 is 11.6 Å². The van der Waals surface area contributed by atoms with Crippen LogP contribution in [0.3, 0.4) is 0 Å². The highest BCUT2D eigenvalue weighted by Gasteiger charge is 2.18. The number of nitrogens with zero attached hydrogens (tertiary/aromatic N) is 3. The molecule has 0 atom stereocenters. The topological polar surface area (TPSA) is 71.3 Å². The Morgan fingerprint density at radius 2 is 1.93 bits per heavy atom. The number of anilines is 1. The molecule has 0 bridgehead atoms. The highest BCUT2D eigenvalue weighted by molar-refractivity contribution is 5.89. The summed E-state index contributed by atoms with van der Waals surface area (Å²) in [5.41, 5.74) is 4.22. The predicted molar refractivity (Wildman–Crippen MR) is 113 cm³/mol. The summed E-state index contributed by atoms with van der Waals surface area (Å²) in [4.78, 5) is 19.0. The van der Waals surface area contributed by atoms with Gasteiger partial charge in [0.1, 0.15) is 0 Å². The number of rotatable bonds is 5. The van der Waals surface area contributed by atoms with Gasteiger partial charge in [-0.15, -0.1) is 0 Å². The van der Waals surface area contributed by atoms with E-state index < -0.39 is 0 Å². The number of amides is 1. The fourth-order valence-corrected chi connectivity index (χ4v) is 3.60. The fourth-order valence-electron chi connectivity index (χ4n) is 3.60. The number of hydrogen-bond donors (Lipinski definition) is 1. The van der Waals surface area contributed by atoms with Gasteiger partial charge < -0.3 is 14.7 Å². The Bertz CT molecular complexity index is 973.